The number of halogens is 4. The van der Waals surface area contributed by atoms with E-state index < -0.39 is 22.7 Å². The average molecular weight is 444 g/mol. The molecule has 0 aliphatic carbocycles. The van der Waals surface area contributed by atoms with Crippen molar-refractivity contribution < 1.29 is 22.7 Å². The number of thioether (sulfide) groups is 1. The molecule has 0 bridgehead atoms. The van der Waals surface area contributed by atoms with Gasteiger partial charge < -0.3 is 14.6 Å². The van der Waals surface area contributed by atoms with Crippen molar-refractivity contribution in [1.82, 2.24) is 9.55 Å². The number of methoxy groups -OCH3 is 1. The molecule has 29 heavy (non-hydrogen) atoms. The summed E-state index contributed by atoms with van der Waals surface area (Å²) in [4.78, 5) is 16.8. The molecule has 3 aromatic rings. The number of aromatic nitrogens is 2. The highest BCUT2D eigenvalue weighted by molar-refractivity contribution is 7.99. The van der Waals surface area contributed by atoms with Crippen LogP contribution in [0.2, 0.25) is 5.02 Å². The summed E-state index contributed by atoms with van der Waals surface area (Å²) in [5.41, 5.74) is 0.741. The van der Waals surface area contributed by atoms with Crippen LogP contribution in [0, 0.1) is 0 Å². The van der Waals surface area contributed by atoms with Gasteiger partial charge in [-0.15, -0.1) is 0 Å². The maximum atomic E-state index is 13.0. The Labute approximate surface area is 174 Å². The molecule has 2 aromatic carbocycles. The number of para-hydroxylation sites is 2. The van der Waals surface area contributed by atoms with Crippen LogP contribution in [0.25, 0.3) is 11.0 Å². The van der Waals surface area contributed by atoms with E-state index >= 15 is 0 Å². The first-order chi connectivity index (χ1) is 13.8. The number of ether oxygens (including phenoxy) is 1. The molecule has 0 unspecified atom stereocenters. The second-order valence-electron chi connectivity index (χ2n) is 6.06. The average Bonchev–Trinajstić information content (AvgIpc) is 3.03. The highest BCUT2D eigenvalue weighted by Crippen LogP contribution is 2.36. The van der Waals surface area contributed by atoms with Crippen LogP contribution in [-0.4, -0.2) is 34.9 Å². The number of benzene rings is 2. The molecule has 0 fully saturated rings. The Balaban J connectivity index is 1.71. The zero-order chi connectivity index (χ0) is 21.0. The number of carbonyl (C=O) groups is 1. The van der Waals surface area contributed by atoms with Crippen LogP contribution in [0.3, 0.4) is 0 Å². The fraction of sp³-hybridized carbons (Fsp3) is 0.263. The first kappa shape index (κ1) is 21.5. The second kappa shape index (κ2) is 9.06. The van der Waals surface area contributed by atoms with Crippen LogP contribution in [0.4, 0.5) is 18.9 Å². The molecule has 0 saturated carbocycles. The Bertz CT molecular complexity index is 1020. The van der Waals surface area contributed by atoms with E-state index in [0.29, 0.717) is 18.3 Å². The summed E-state index contributed by atoms with van der Waals surface area (Å²) in [5, 5.41) is 2.68. The van der Waals surface area contributed by atoms with Crippen molar-refractivity contribution in [3.63, 3.8) is 0 Å². The molecule has 1 N–H and O–H groups in total. The van der Waals surface area contributed by atoms with Gasteiger partial charge in [-0.25, -0.2) is 4.98 Å². The van der Waals surface area contributed by atoms with E-state index in [2.05, 4.69) is 10.3 Å². The SMILES string of the molecule is COCCn1c(SCC(=O)Nc2ccc(Cl)c(C(F)(F)F)c2)nc2ccccc21. The molecule has 0 radical (unpaired) electrons. The fourth-order valence-electron chi connectivity index (χ4n) is 2.71. The minimum Gasteiger partial charge on any atom is -0.383 e. The number of anilines is 1. The minimum absolute atomic E-state index is 0.0136. The van der Waals surface area contributed by atoms with Crippen LogP contribution in [0.15, 0.2) is 47.6 Å². The number of rotatable bonds is 7. The lowest BCUT2D eigenvalue weighted by atomic mass is 10.2. The van der Waals surface area contributed by atoms with Crippen LogP contribution < -0.4 is 5.32 Å². The van der Waals surface area contributed by atoms with Crippen LogP contribution in [0.5, 0.6) is 0 Å². The van der Waals surface area contributed by atoms with Gasteiger partial charge in [-0.1, -0.05) is 35.5 Å². The number of nitrogens with zero attached hydrogens (tertiary/aromatic N) is 2. The molecule has 154 valence electrons. The van der Waals surface area contributed by atoms with Gasteiger partial charge in [-0.05, 0) is 30.3 Å². The van der Waals surface area contributed by atoms with Gasteiger partial charge in [0.1, 0.15) is 0 Å². The Kier molecular flexibility index (Phi) is 6.71. The summed E-state index contributed by atoms with van der Waals surface area (Å²) in [7, 11) is 1.60. The first-order valence-corrected chi connectivity index (χ1v) is 9.89. The van der Waals surface area contributed by atoms with Crippen molar-refractivity contribution in [3.05, 3.63) is 53.1 Å². The largest absolute Gasteiger partial charge is 0.417 e. The number of amides is 1. The molecule has 0 spiro atoms. The van der Waals surface area contributed by atoms with E-state index in [1.165, 1.54) is 17.8 Å². The van der Waals surface area contributed by atoms with E-state index in [0.717, 1.165) is 23.2 Å². The summed E-state index contributed by atoms with van der Waals surface area (Å²) in [6, 6.07) is 10.8. The molecule has 0 aliphatic heterocycles. The molecule has 0 atom stereocenters. The van der Waals surface area contributed by atoms with E-state index in [1.807, 2.05) is 28.8 Å². The Morgan fingerprint density at radius 1 is 1.28 bits per heavy atom. The molecular weight excluding hydrogens is 427 g/mol. The minimum atomic E-state index is -4.60. The van der Waals surface area contributed by atoms with Crippen LogP contribution in [-0.2, 0) is 22.3 Å². The standard InChI is InChI=1S/C19H17ClF3N3O2S/c1-28-9-8-26-16-5-3-2-4-15(16)25-18(26)29-11-17(27)24-12-6-7-14(20)13(10-12)19(21,22)23/h2-7,10H,8-9,11H2,1H3,(H,24,27). The van der Waals surface area contributed by atoms with E-state index in [4.69, 9.17) is 16.3 Å². The van der Waals surface area contributed by atoms with Gasteiger partial charge >= 0.3 is 6.18 Å². The normalized spacial score (nSPS) is 11.8. The zero-order valence-electron chi connectivity index (χ0n) is 15.3. The third kappa shape index (κ3) is 5.23. The summed E-state index contributed by atoms with van der Waals surface area (Å²) in [6.45, 7) is 1.04. The van der Waals surface area contributed by atoms with Gasteiger partial charge in [-0.2, -0.15) is 13.2 Å². The van der Waals surface area contributed by atoms with E-state index in [1.54, 1.807) is 7.11 Å². The number of alkyl halides is 3. The number of imidazole rings is 1. The molecular formula is C19H17ClF3N3O2S. The Morgan fingerprint density at radius 2 is 2.03 bits per heavy atom. The van der Waals surface area contributed by atoms with Gasteiger partial charge in [-0.3, -0.25) is 4.79 Å². The number of hydrogen-bond donors (Lipinski definition) is 1. The monoisotopic (exact) mass is 443 g/mol. The number of nitrogens with one attached hydrogen (secondary N) is 1. The Morgan fingerprint density at radius 3 is 2.76 bits per heavy atom. The first-order valence-electron chi connectivity index (χ1n) is 8.53. The molecule has 1 heterocycles. The maximum absolute atomic E-state index is 13.0. The summed E-state index contributed by atoms with van der Waals surface area (Å²) in [5.74, 6) is -0.462. The Hall–Kier alpha value is -2.23. The smallest absolute Gasteiger partial charge is 0.383 e. The number of hydrogen-bond acceptors (Lipinski definition) is 4. The summed E-state index contributed by atoms with van der Waals surface area (Å²) >= 11 is 6.80. The zero-order valence-corrected chi connectivity index (χ0v) is 16.9. The van der Waals surface area contributed by atoms with Crippen molar-refractivity contribution in [2.24, 2.45) is 0 Å². The highest BCUT2D eigenvalue weighted by atomic mass is 35.5. The molecule has 10 heteroatoms. The van der Waals surface area contributed by atoms with Gasteiger partial charge in [0.25, 0.3) is 0 Å². The van der Waals surface area contributed by atoms with E-state index in [-0.39, 0.29) is 11.4 Å². The van der Waals surface area contributed by atoms with Gasteiger partial charge in [0.15, 0.2) is 5.16 Å². The predicted molar refractivity (Wildman–Crippen MR) is 107 cm³/mol. The second-order valence-corrected chi connectivity index (χ2v) is 7.41. The van der Waals surface area contributed by atoms with Crippen molar-refractivity contribution in [2.75, 3.05) is 24.8 Å². The number of fused-ring (bicyclic) bond motifs is 1. The quantitative estimate of drug-likeness (QED) is 0.517. The molecule has 3 rings (SSSR count). The van der Waals surface area contributed by atoms with Gasteiger partial charge in [0, 0.05) is 19.3 Å². The van der Waals surface area contributed by atoms with E-state index in [9.17, 15) is 18.0 Å². The summed E-state index contributed by atoms with van der Waals surface area (Å²) < 4.78 is 46.0. The molecule has 0 saturated heterocycles. The lowest BCUT2D eigenvalue weighted by molar-refractivity contribution is -0.137. The molecule has 5 nitrogen and oxygen atoms in total. The highest BCUT2D eigenvalue weighted by Gasteiger charge is 2.33. The third-order valence-corrected chi connectivity index (χ3v) is 5.33. The van der Waals surface area contributed by atoms with Crippen molar-refractivity contribution >= 4 is 46.0 Å². The van der Waals surface area contributed by atoms with Crippen LogP contribution in [0.1, 0.15) is 5.56 Å². The lowest BCUT2D eigenvalue weighted by Gasteiger charge is -2.12. The molecule has 1 aromatic heterocycles. The molecule has 0 aliphatic rings. The van der Waals surface area contributed by atoms with Gasteiger partial charge in [0.05, 0.1) is 34.0 Å². The van der Waals surface area contributed by atoms with Crippen molar-refractivity contribution in [3.8, 4) is 0 Å². The topological polar surface area (TPSA) is 56.1 Å². The lowest BCUT2D eigenvalue weighted by Crippen LogP contribution is -2.16. The predicted octanol–water partition coefficient (Wildman–Crippen LogP) is 5.09. The van der Waals surface area contributed by atoms with Crippen LogP contribution >= 0.6 is 23.4 Å². The van der Waals surface area contributed by atoms with Crippen molar-refractivity contribution in [1.29, 1.82) is 0 Å². The fourth-order valence-corrected chi connectivity index (χ4v) is 3.78. The third-order valence-electron chi connectivity index (χ3n) is 4.03. The summed E-state index contributed by atoms with van der Waals surface area (Å²) in [6.07, 6.45) is -4.60. The van der Waals surface area contributed by atoms with Gasteiger partial charge in [0.2, 0.25) is 5.91 Å². The van der Waals surface area contributed by atoms with Crippen molar-refractivity contribution in [2.45, 2.75) is 17.9 Å². The molecule has 1 amide bonds. The number of carbonyl (C=O) groups excluding carboxylic acids is 1. The maximum Gasteiger partial charge on any atom is 0.417 e.